The summed E-state index contributed by atoms with van der Waals surface area (Å²) in [5.74, 6) is 0.981. The fourth-order valence-corrected chi connectivity index (χ4v) is 5.18. The Morgan fingerprint density at radius 1 is 0.920 bits per heavy atom. The number of carbonyl (C=O) groups excluding carboxylic acids is 1. The van der Waals surface area contributed by atoms with Gasteiger partial charge in [0.1, 0.15) is 0 Å². The lowest BCUT2D eigenvalue weighted by Gasteiger charge is -2.41. The van der Waals surface area contributed by atoms with Gasteiger partial charge in [0.15, 0.2) is 0 Å². The molecule has 3 atom stereocenters. The molecule has 1 aliphatic carbocycles. The molecule has 2 nitrogen and oxygen atoms in total. The first-order valence-electron chi connectivity index (χ1n) is 8.95. The Hall–Kier alpha value is -2.87. The molecule has 3 aliphatic rings. The molecule has 1 amide bonds. The Labute approximate surface area is 146 Å². The van der Waals surface area contributed by atoms with Crippen molar-refractivity contribution >= 4 is 22.4 Å². The summed E-state index contributed by atoms with van der Waals surface area (Å²) in [4.78, 5) is 15.3. The van der Waals surface area contributed by atoms with Crippen LogP contribution in [-0.2, 0) is 0 Å². The van der Waals surface area contributed by atoms with E-state index in [0.717, 1.165) is 17.7 Å². The van der Waals surface area contributed by atoms with E-state index in [9.17, 15) is 4.79 Å². The predicted octanol–water partition coefficient (Wildman–Crippen LogP) is 5.21. The van der Waals surface area contributed by atoms with Crippen molar-refractivity contribution in [2.45, 2.75) is 18.4 Å². The molecule has 0 spiro atoms. The van der Waals surface area contributed by atoms with E-state index in [1.54, 1.807) is 0 Å². The van der Waals surface area contributed by atoms with Crippen LogP contribution < -0.4 is 4.90 Å². The van der Waals surface area contributed by atoms with Gasteiger partial charge < -0.3 is 4.90 Å². The first-order valence-corrected chi connectivity index (χ1v) is 8.95. The van der Waals surface area contributed by atoms with Gasteiger partial charge in [0.05, 0.1) is 6.04 Å². The van der Waals surface area contributed by atoms with Crippen LogP contribution in [0, 0.1) is 5.92 Å². The van der Waals surface area contributed by atoms with E-state index in [4.69, 9.17) is 0 Å². The molecule has 0 saturated carbocycles. The number of fused-ring (bicyclic) bond motifs is 10. The molecule has 0 bridgehead atoms. The van der Waals surface area contributed by atoms with Gasteiger partial charge >= 0.3 is 0 Å². The smallest absolute Gasteiger partial charge is 0.259 e. The molecule has 2 aliphatic heterocycles. The molecule has 6 rings (SSSR count). The van der Waals surface area contributed by atoms with Crippen molar-refractivity contribution in [1.29, 1.82) is 0 Å². The second-order valence-corrected chi connectivity index (χ2v) is 7.28. The molecule has 0 unspecified atom stereocenters. The molecule has 0 radical (unpaired) electrons. The lowest BCUT2D eigenvalue weighted by molar-refractivity contribution is 0.0981. The van der Waals surface area contributed by atoms with Gasteiger partial charge in [-0.05, 0) is 46.4 Å². The highest BCUT2D eigenvalue weighted by molar-refractivity contribution is 6.13. The summed E-state index contributed by atoms with van der Waals surface area (Å²) >= 11 is 0. The highest BCUT2D eigenvalue weighted by Crippen LogP contribution is 2.57. The molecule has 0 saturated heterocycles. The van der Waals surface area contributed by atoms with Crippen molar-refractivity contribution in [3.05, 3.63) is 89.5 Å². The summed E-state index contributed by atoms with van der Waals surface area (Å²) in [7, 11) is 0. The Kier molecular flexibility index (Phi) is 2.47. The number of benzene rings is 3. The fourth-order valence-electron chi connectivity index (χ4n) is 5.18. The van der Waals surface area contributed by atoms with E-state index < -0.39 is 0 Å². The number of nitrogens with zero attached hydrogens (tertiary/aromatic N) is 1. The Morgan fingerprint density at radius 2 is 1.76 bits per heavy atom. The van der Waals surface area contributed by atoms with E-state index in [2.05, 4.69) is 65.6 Å². The van der Waals surface area contributed by atoms with E-state index in [-0.39, 0.29) is 11.9 Å². The summed E-state index contributed by atoms with van der Waals surface area (Å²) in [6.45, 7) is 0. The molecule has 2 heteroatoms. The van der Waals surface area contributed by atoms with Gasteiger partial charge in [0.25, 0.3) is 5.91 Å². The lowest BCUT2D eigenvalue weighted by Crippen LogP contribution is -2.38. The third kappa shape index (κ3) is 1.57. The maximum Gasteiger partial charge on any atom is 0.259 e. The van der Waals surface area contributed by atoms with Gasteiger partial charge in [-0.2, -0.15) is 0 Å². The van der Waals surface area contributed by atoms with Crippen molar-refractivity contribution < 1.29 is 4.79 Å². The molecule has 3 aromatic carbocycles. The highest BCUT2D eigenvalue weighted by atomic mass is 16.2. The summed E-state index contributed by atoms with van der Waals surface area (Å²) in [6, 6.07) is 21.2. The Morgan fingerprint density at radius 3 is 2.72 bits per heavy atom. The SMILES string of the molecule is O=C1c2ccccc2[C@@H]2[C@@H]3CC=C[C@@H]3c3c(ccc4ccccc34)N12. The third-order valence-electron chi connectivity index (χ3n) is 6.17. The van der Waals surface area contributed by atoms with Gasteiger partial charge in [-0.15, -0.1) is 0 Å². The van der Waals surface area contributed by atoms with Crippen LogP contribution in [0.15, 0.2) is 72.8 Å². The maximum absolute atomic E-state index is 13.2. The third-order valence-corrected chi connectivity index (χ3v) is 6.17. The minimum absolute atomic E-state index is 0.155. The minimum Gasteiger partial charge on any atom is -0.300 e. The molecule has 120 valence electrons. The maximum atomic E-state index is 13.2. The predicted molar refractivity (Wildman–Crippen MR) is 99.9 cm³/mol. The van der Waals surface area contributed by atoms with Crippen molar-refractivity contribution in [3.8, 4) is 0 Å². The number of rotatable bonds is 0. The van der Waals surface area contributed by atoms with Crippen LogP contribution >= 0.6 is 0 Å². The van der Waals surface area contributed by atoms with E-state index in [1.165, 1.54) is 21.9 Å². The molecule has 25 heavy (non-hydrogen) atoms. The molecule has 2 heterocycles. The zero-order valence-electron chi connectivity index (χ0n) is 13.7. The Balaban J connectivity index is 1.69. The monoisotopic (exact) mass is 323 g/mol. The normalized spacial score (nSPS) is 25.7. The number of amides is 1. The van der Waals surface area contributed by atoms with Gasteiger partial charge in [-0.1, -0.05) is 60.7 Å². The van der Waals surface area contributed by atoms with Crippen LogP contribution in [-0.4, -0.2) is 5.91 Å². The quantitative estimate of drug-likeness (QED) is 0.520. The zero-order chi connectivity index (χ0) is 16.5. The van der Waals surface area contributed by atoms with E-state index in [1.807, 2.05) is 12.1 Å². The summed E-state index contributed by atoms with van der Waals surface area (Å²) in [5, 5.41) is 2.53. The van der Waals surface area contributed by atoms with E-state index in [0.29, 0.717) is 11.8 Å². The summed E-state index contributed by atoms with van der Waals surface area (Å²) < 4.78 is 0. The van der Waals surface area contributed by atoms with E-state index >= 15 is 0 Å². The van der Waals surface area contributed by atoms with Crippen LogP contribution in [0.1, 0.15) is 39.9 Å². The second-order valence-electron chi connectivity index (χ2n) is 7.28. The van der Waals surface area contributed by atoms with Gasteiger partial charge in [0, 0.05) is 17.2 Å². The standard InChI is InChI=1S/C23H17NO/c25-23-19-9-4-3-8-18(19)22-17-11-5-10-16(17)21-15-7-2-1-6-14(15)12-13-20(21)24(22)23/h1-10,12-13,16-17,22H,11H2/t16-,17+,22-/m0/s1. The first-order chi connectivity index (χ1) is 12.3. The van der Waals surface area contributed by atoms with Crippen LogP contribution in [0.2, 0.25) is 0 Å². The number of carbonyl (C=O) groups is 1. The second kappa shape index (κ2) is 4.60. The van der Waals surface area contributed by atoms with Gasteiger partial charge in [-0.25, -0.2) is 0 Å². The molecular formula is C23H17NO. The van der Waals surface area contributed by atoms with Crippen LogP contribution in [0.25, 0.3) is 10.8 Å². The van der Waals surface area contributed by atoms with Crippen molar-refractivity contribution in [3.63, 3.8) is 0 Å². The van der Waals surface area contributed by atoms with Crippen molar-refractivity contribution in [2.75, 3.05) is 4.90 Å². The summed E-state index contributed by atoms with van der Waals surface area (Å²) in [6.07, 6.45) is 5.70. The molecule has 0 aromatic heterocycles. The Bertz CT molecular complexity index is 1080. The number of hydrogen-bond donors (Lipinski definition) is 0. The largest absolute Gasteiger partial charge is 0.300 e. The topological polar surface area (TPSA) is 20.3 Å². The number of allylic oxidation sites excluding steroid dienone is 2. The minimum atomic E-state index is 0.155. The lowest BCUT2D eigenvalue weighted by atomic mass is 9.75. The molecule has 0 N–H and O–H groups in total. The summed E-state index contributed by atoms with van der Waals surface area (Å²) in [5.41, 5.74) is 4.50. The number of anilines is 1. The van der Waals surface area contributed by atoms with Crippen molar-refractivity contribution in [1.82, 2.24) is 0 Å². The van der Waals surface area contributed by atoms with Crippen LogP contribution in [0.4, 0.5) is 5.69 Å². The fraction of sp³-hybridized carbons (Fsp3) is 0.174. The first kappa shape index (κ1) is 13.4. The van der Waals surface area contributed by atoms with Crippen molar-refractivity contribution in [2.24, 2.45) is 5.92 Å². The van der Waals surface area contributed by atoms with Crippen LogP contribution in [0.3, 0.4) is 0 Å². The average molecular weight is 323 g/mol. The highest BCUT2D eigenvalue weighted by Gasteiger charge is 2.49. The molecule has 0 fully saturated rings. The average Bonchev–Trinajstić information content (AvgIpc) is 3.25. The van der Waals surface area contributed by atoms with Gasteiger partial charge in [-0.3, -0.25) is 4.79 Å². The van der Waals surface area contributed by atoms with Crippen LogP contribution in [0.5, 0.6) is 0 Å². The zero-order valence-corrected chi connectivity index (χ0v) is 13.7. The molecule has 3 aromatic rings. The molecular weight excluding hydrogens is 306 g/mol. The van der Waals surface area contributed by atoms with Gasteiger partial charge in [0.2, 0.25) is 0 Å². The number of hydrogen-bond acceptors (Lipinski definition) is 1.